The number of hydrogen-bond acceptors (Lipinski definition) is 6. The molecule has 0 heterocycles. The standard InChI is InChI=1S/C39H79N2O6P/c1-6-8-10-11-12-13-14-15-16-17-18-19-20-21-22-23-24-25-26-27-28-29-31-33-39(43)40-37(38(42)32-30-9-7-2)36-47-48(44,45)46-35-34-41(3,4)5/h30,32,37-38,42H,6-29,31,33-36H2,1-5H3,(H-,40,43,44,45)/b32-30+. The number of phosphoric acid groups is 1. The van der Waals surface area contributed by atoms with Gasteiger partial charge >= 0.3 is 0 Å². The monoisotopic (exact) mass is 703 g/mol. The maximum atomic E-state index is 12.6. The lowest BCUT2D eigenvalue weighted by Gasteiger charge is -2.29. The average molecular weight is 703 g/mol. The van der Waals surface area contributed by atoms with Crippen molar-refractivity contribution in [3.63, 3.8) is 0 Å². The molecule has 0 aromatic rings. The van der Waals surface area contributed by atoms with Crippen molar-refractivity contribution in [3.8, 4) is 0 Å². The maximum Gasteiger partial charge on any atom is 0.268 e. The summed E-state index contributed by atoms with van der Waals surface area (Å²) in [6.07, 6.45) is 35.0. The van der Waals surface area contributed by atoms with Gasteiger partial charge in [0.15, 0.2) is 0 Å². The van der Waals surface area contributed by atoms with Crippen molar-refractivity contribution in [1.29, 1.82) is 0 Å². The van der Waals surface area contributed by atoms with Crippen molar-refractivity contribution >= 4 is 13.7 Å². The van der Waals surface area contributed by atoms with Crippen LogP contribution in [0.3, 0.4) is 0 Å². The van der Waals surface area contributed by atoms with Gasteiger partial charge in [0.1, 0.15) is 13.2 Å². The van der Waals surface area contributed by atoms with E-state index in [1.165, 1.54) is 128 Å². The van der Waals surface area contributed by atoms with Gasteiger partial charge in [-0.05, 0) is 12.8 Å². The van der Waals surface area contributed by atoms with Crippen molar-refractivity contribution in [1.82, 2.24) is 5.32 Å². The molecule has 0 aromatic carbocycles. The number of unbranched alkanes of at least 4 members (excludes halogenated alkanes) is 23. The van der Waals surface area contributed by atoms with Crippen LogP contribution in [-0.2, 0) is 18.4 Å². The van der Waals surface area contributed by atoms with E-state index in [2.05, 4.69) is 12.2 Å². The zero-order valence-corrected chi connectivity index (χ0v) is 33.1. The summed E-state index contributed by atoms with van der Waals surface area (Å²) in [5.41, 5.74) is 0. The predicted octanol–water partition coefficient (Wildman–Crippen LogP) is 9.78. The number of quaternary nitrogens is 1. The number of carbonyl (C=O) groups is 1. The molecule has 0 saturated carbocycles. The van der Waals surface area contributed by atoms with Crippen LogP contribution in [0.4, 0.5) is 0 Å². The molecule has 48 heavy (non-hydrogen) atoms. The fourth-order valence-electron chi connectivity index (χ4n) is 5.75. The highest BCUT2D eigenvalue weighted by molar-refractivity contribution is 7.45. The molecule has 9 heteroatoms. The van der Waals surface area contributed by atoms with Crippen molar-refractivity contribution in [3.05, 3.63) is 12.2 Å². The second-order valence-electron chi connectivity index (χ2n) is 15.0. The first-order chi connectivity index (χ1) is 23.0. The summed E-state index contributed by atoms with van der Waals surface area (Å²) in [6, 6.07) is -0.876. The van der Waals surface area contributed by atoms with Crippen LogP contribution < -0.4 is 10.2 Å². The molecule has 0 rings (SSSR count). The van der Waals surface area contributed by atoms with Crippen LogP contribution in [0.2, 0.25) is 0 Å². The van der Waals surface area contributed by atoms with Crippen molar-refractivity contribution in [2.24, 2.45) is 0 Å². The lowest BCUT2D eigenvalue weighted by atomic mass is 10.0. The van der Waals surface area contributed by atoms with Gasteiger partial charge in [0.05, 0.1) is 39.9 Å². The minimum absolute atomic E-state index is 0.000201. The Hall–Kier alpha value is -0.760. The maximum absolute atomic E-state index is 12.6. The molecule has 2 N–H and O–H groups in total. The normalized spacial score (nSPS) is 14.7. The van der Waals surface area contributed by atoms with E-state index in [4.69, 9.17) is 9.05 Å². The van der Waals surface area contributed by atoms with E-state index >= 15 is 0 Å². The highest BCUT2D eigenvalue weighted by Crippen LogP contribution is 2.38. The van der Waals surface area contributed by atoms with Gasteiger partial charge in [0.25, 0.3) is 7.82 Å². The zero-order valence-electron chi connectivity index (χ0n) is 32.2. The molecule has 8 nitrogen and oxygen atoms in total. The third-order valence-corrected chi connectivity index (χ3v) is 9.94. The van der Waals surface area contributed by atoms with Crippen LogP contribution in [0.5, 0.6) is 0 Å². The first kappa shape index (κ1) is 47.2. The van der Waals surface area contributed by atoms with Crippen LogP contribution in [0.1, 0.15) is 181 Å². The largest absolute Gasteiger partial charge is 0.756 e. The van der Waals surface area contributed by atoms with Crippen LogP contribution >= 0.6 is 7.82 Å². The van der Waals surface area contributed by atoms with E-state index in [0.717, 1.165) is 32.1 Å². The summed E-state index contributed by atoms with van der Waals surface area (Å²) in [7, 11) is 1.26. The number of nitrogens with zero attached hydrogens (tertiary/aromatic N) is 1. The third kappa shape index (κ3) is 33.7. The zero-order chi connectivity index (χ0) is 35.8. The molecule has 286 valence electrons. The number of phosphoric ester groups is 1. The molecule has 3 atom stereocenters. The molecule has 0 spiro atoms. The molecular weight excluding hydrogens is 623 g/mol. The minimum atomic E-state index is -4.55. The molecule has 1 amide bonds. The molecule has 0 aromatic heterocycles. The van der Waals surface area contributed by atoms with Crippen LogP contribution in [0, 0.1) is 0 Å². The first-order valence-electron chi connectivity index (χ1n) is 20.1. The average Bonchev–Trinajstić information content (AvgIpc) is 3.02. The van der Waals surface area contributed by atoms with Crippen molar-refractivity contribution < 1.29 is 32.9 Å². The number of hydrogen-bond donors (Lipinski definition) is 2. The Morgan fingerprint density at radius 2 is 1.12 bits per heavy atom. The van der Waals surface area contributed by atoms with Gasteiger partial charge in [-0.3, -0.25) is 9.36 Å². The fraction of sp³-hybridized carbons (Fsp3) is 0.923. The second-order valence-corrected chi connectivity index (χ2v) is 16.4. The van der Waals surface area contributed by atoms with E-state index in [-0.39, 0.29) is 19.1 Å². The van der Waals surface area contributed by atoms with Crippen molar-refractivity contribution in [2.45, 2.75) is 193 Å². The Labute approximate surface area is 297 Å². The van der Waals surface area contributed by atoms with E-state index in [0.29, 0.717) is 17.4 Å². The topological polar surface area (TPSA) is 108 Å². The van der Waals surface area contributed by atoms with Gasteiger partial charge in [0, 0.05) is 6.42 Å². The SMILES string of the molecule is CCC/C=C/C(O)C(COP(=O)([O-])OCC[N+](C)(C)C)NC(=O)CCCCCCCCCCCCCCCCCCCCCCCCC. The Kier molecular flexibility index (Phi) is 31.7. The number of amides is 1. The lowest BCUT2D eigenvalue weighted by Crippen LogP contribution is -2.45. The quantitative estimate of drug-likeness (QED) is 0.0291. The smallest absolute Gasteiger partial charge is 0.268 e. The number of aliphatic hydroxyl groups excluding tert-OH is 1. The molecule has 0 bridgehead atoms. The molecule has 0 saturated heterocycles. The van der Waals surface area contributed by atoms with Crippen LogP contribution in [0.25, 0.3) is 0 Å². The second kappa shape index (κ2) is 32.2. The number of carbonyl (C=O) groups excluding carboxylic acids is 1. The highest BCUT2D eigenvalue weighted by atomic mass is 31.2. The summed E-state index contributed by atoms with van der Waals surface area (Å²) < 4.78 is 22.8. The summed E-state index contributed by atoms with van der Waals surface area (Å²) in [5, 5.41) is 13.4. The predicted molar refractivity (Wildman–Crippen MR) is 201 cm³/mol. The van der Waals surface area contributed by atoms with Gasteiger partial charge in [-0.2, -0.15) is 0 Å². The molecule has 0 radical (unpaired) electrons. The Balaban J connectivity index is 3.90. The molecular formula is C39H79N2O6P. The van der Waals surface area contributed by atoms with E-state index in [1.54, 1.807) is 6.08 Å². The van der Waals surface area contributed by atoms with Gasteiger partial charge in [0.2, 0.25) is 5.91 Å². The minimum Gasteiger partial charge on any atom is -0.756 e. The van der Waals surface area contributed by atoms with E-state index in [9.17, 15) is 19.4 Å². The van der Waals surface area contributed by atoms with Gasteiger partial charge in [-0.15, -0.1) is 0 Å². The van der Waals surface area contributed by atoms with Gasteiger partial charge in [-0.25, -0.2) is 0 Å². The van der Waals surface area contributed by atoms with E-state index < -0.39 is 20.0 Å². The first-order valence-corrected chi connectivity index (χ1v) is 21.5. The Morgan fingerprint density at radius 1 is 0.708 bits per heavy atom. The van der Waals surface area contributed by atoms with Crippen LogP contribution in [-0.4, -0.2) is 68.5 Å². The summed E-state index contributed by atoms with van der Waals surface area (Å²) in [4.78, 5) is 24.9. The number of likely N-dealkylation sites (N-methyl/N-ethyl adjacent to an activating group) is 1. The highest BCUT2D eigenvalue weighted by Gasteiger charge is 2.23. The fourth-order valence-corrected chi connectivity index (χ4v) is 6.47. The molecule has 3 unspecified atom stereocenters. The Morgan fingerprint density at radius 3 is 1.52 bits per heavy atom. The number of aliphatic hydroxyl groups is 1. The van der Waals surface area contributed by atoms with Gasteiger partial charge in [-0.1, -0.05) is 174 Å². The summed E-state index contributed by atoms with van der Waals surface area (Å²) in [5.74, 6) is -0.207. The Bertz CT molecular complexity index is 804. The summed E-state index contributed by atoms with van der Waals surface area (Å²) in [6.45, 7) is 4.43. The number of rotatable bonds is 36. The van der Waals surface area contributed by atoms with Crippen molar-refractivity contribution in [2.75, 3.05) is 40.9 Å². The third-order valence-electron chi connectivity index (χ3n) is 8.98. The molecule has 0 fully saturated rings. The van der Waals surface area contributed by atoms with Gasteiger partial charge < -0.3 is 28.8 Å². The number of allylic oxidation sites excluding steroid dienone is 1. The number of nitrogens with one attached hydrogen (secondary N) is 1. The van der Waals surface area contributed by atoms with Crippen LogP contribution in [0.15, 0.2) is 12.2 Å². The summed E-state index contributed by atoms with van der Waals surface area (Å²) >= 11 is 0. The molecule has 0 aliphatic carbocycles. The lowest BCUT2D eigenvalue weighted by molar-refractivity contribution is -0.870. The van der Waals surface area contributed by atoms with E-state index in [1.807, 2.05) is 34.1 Å². The molecule has 0 aliphatic heterocycles. The molecule has 0 aliphatic rings.